The molecule has 0 saturated carbocycles. The van der Waals surface area contributed by atoms with E-state index in [-0.39, 0.29) is 18.0 Å². The molecule has 3 rings (SSSR count). The van der Waals surface area contributed by atoms with Crippen LogP contribution in [0.25, 0.3) is 11.1 Å². The summed E-state index contributed by atoms with van der Waals surface area (Å²) in [6, 6.07) is 17.7. The number of benzene rings is 2. The van der Waals surface area contributed by atoms with Crippen LogP contribution in [0.2, 0.25) is 0 Å². The van der Waals surface area contributed by atoms with Gasteiger partial charge in [0.05, 0.1) is 17.1 Å². The second-order valence-electron chi connectivity index (χ2n) is 6.87. The average molecular weight is 438 g/mol. The van der Waals surface area contributed by atoms with Gasteiger partial charge in [0.1, 0.15) is 11.8 Å². The maximum Gasteiger partial charge on any atom is 0.355 e. The fourth-order valence-electron chi connectivity index (χ4n) is 3.30. The van der Waals surface area contributed by atoms with Gasteiger partial charge in [-0.2, -0.15) is 5.26 Å². The Bertz CT molecular complexity index is 1210. The van der Waals surface area contributed by atoms with E-state index in [0.717, 1.165) is 5.56 Å². The van der Waals surface area contributed by atoms with E-state index in [1.165, 1.54) is 0 Å². The third-order valence-electron chi connectivity index (χ3n) is 4.77. The summed E-state index contributed by atoms with van der Waals surface area (Å²) in [5.41, 5.74) is 2.87. The van der Waals surface area contributed by atoms with Crippen LogP contribution >= 0.6 is 0 Å². The molecule has 0 spiro atoms. The summed E-state index contributed by atoms with van der Waals surface area (Å²) in [5, 5.41) is 9.49. The van der Waals surface area contributed by atoms with Crippen LogP contribution in [0.1, 0.15) is 28.5 Å². The van der Waals surface area contributed by atoms with Crippen molar-refractivity contribution in [1.82, 2.24) is 9.29 Å². The zero-order valence-corrected chi connectivity index (χ0v) is 18.1. The van der Waals surface area contributed by atoms with Crippen LogP contribution in [0, 0.1) is 11.3 Å². The number of nitrogens with zero attached hydrogens (tertiary/aromatic N) is 2. The fourth-order valence-corrected chi connectivity index (χ4v) is 4.35. The lowest BCUT2D eigenvalue weighted by Gasteiger charge is -2.09. The number of nitriles is 1. The molecule has 2 aromatic carbocycles. The number of rotatable bonds is 8. The van der Waals surface area contributed by atoms with Crippen LogP contribution in [0.5, 0.6) is 0 Å². The zero-order valence-electron chi connectivity index (χ0n) is 17.3. The Hall–Kier alpha value is -3.41. The molecule has 1 heterocycles. The van der Waals surface area contributed by atoms with Crippen molar-refractivity contribution in [3.8, 4) is 17.2 Å². The molecule has 0 bridgehead atoms. The predicted molar refractivity (Wildman–Crippen MR) is 117 cm³/mol. The van der Waals surface area contributed by atoms with Crippen LogP contribution in [-0.4, -0.2) is 32.1 Å². The normalized spacial score (nSPS) is 11.1. The number of aryl methyl sites for hydroxylation is 1. The van der Waals surface area contributed by atoms with Gasteiger partial charge in [-0.1, -0.05) is 42.5 Å². The topological polar surface area (TPSA) is 101 Å². The Kier molecular flexibility index (Phi) is 6.90. The molecule has 0 atom stereocenters. The molecule has 0 unspecified atom stereocenters. The van der Waals surface area contributed by atoms with Crippen molar-refractivity contribution in [2.75, 3.05) is 13.2 Å². The Labute approximate surface area is 181 Å². The van der Waals surface area contributed by atoms with Crippen LogP contribution in [0.15, 0.2) is 65.7 Å². The second kappa shape index (κ2) is 9.60. The number of ether oxygens (including phenoxy) is 1. The van der Waals surface area contributed by atoms with Crippen LogP contribution < -0.4 is 4.72 Å². The molecule has 0 saturated heterocycles. The van der Waals surface area contributed by atoms with Crippen molar-refractivity contribution >= 4 is 16.0 Å². The molecule has 0 radical (unpaired) electrons. The largest absolute Gasteiger partial charge is 0.461 e. The number of carbonyl (C=O) groups is 1. The van der Waals surface area contributed by atoms with E-state index in [1.807, 2.05) is 24.3 Å². The molecule has 160 valence electrons. The maximum atomic E-state index is 12.4. The minimum Gasteiger partial charge on any atom is -0.461 e. The molecular formula is C23H23N3O4S. The molecule has 0 aliphatic rings. The highest BCUT2D eigenvalue weighted by molar-refractivity contribution is 7.89. The fraction of sp³-hybridized carbons (Fsp3) is 0.217. The van der Waals surface area contributed by atoms with Gasteiger partial charge in [-0.15, -0.1) is 0 Å². The summed E-state index contributed by atoms with van der Waals surface area (Å²) >= 11 is 0. The van der Waals surface area contributed by atoms with Crippen molar-refractivity contribution in [2.45, 2.75) is 18.2 Å². The molecule has 8 heteroatoms. The molecule has 1 N–H and O–H groups in total. The quantitative estimate of drug-likeness (QED) is 0.545. The number of nitrogens with one attached hydrogen (secondary N) is 1. The Morgan fingerprint density at radius 3 is 2.42 bits per heavy atom. The SMILES string of the molecule is CCOC(=O)c1c(-c2ccc(CCNS(=O)(=O)c3ccccc3)cc2)c(C#N)cn1C. The van der Waals surface area contributed by atoms with Crippen LogP contribution in [-0.2, 0) is 28.2 Å². The molecular weight excluding hydrogens is 414 g/mol. The van der Waals surface area contributed by atoms with Gasteiger partial charge in [-0.25, -0.2) is 17.9 Å². The van der Waals surface area contributed by atoms with Crippen LogP contribution in [0.4, 0.5) is 0 Å². The van der Waals surface area contributed by atoms with Crippen molar-refractivity contribution in [2.24, 2.45) is 7.05 Å². The van der Waals surface area contributed by atoms with E-state index in [4.69, 9.17) is 4.74 Å². The minimum absolute atomic E-state index is 0.227. The summed E-state index contributed by atoms with van der Waals surface area (Å²) in [6.07, 6.45) is 2.10. The summed E-state index contributed by atoms with van der Waals surface area (Å²) in [4.78, 5) is 12.6. The minimum atomic E-state index is -3.55. The van der Waals surface area contributed by atoms with Gasteiger partial charge in [0.15, 0.2) is 0 Å². The van der Waals surface area contributed by atoms with E-state index >= 15 is 0 Å². The molecule has 31 heavy (non-hydrogen) atoms. The first-order valence-corrected chi connectivity index (χ1v) is 11.3. The van der Waals surface area contributed by atoms with Crippen molar-refractivity contribution < 1.29 is 17.9 Å². The standard InChI is InChI=1S/C23H23N3O4S/c1-3-30-23(27)22-21(19(15-24)16-26(22)2)18-11-9-17(10-12-18)13-14-25-31(28,29)20-7-5-4-6-8-20/h4-12,16,25H,3,13-14H2,1-2H3. The van der Waals surface area contributed by atoms with Gasteiger partial charge in [0.2, 0.25) is 10.0 Å². The summed E-state index contributed by atoms with van der Waals surface area (Å²) < 4.78 is 33.9. The molecule has 1 aromatic heterocycles. The molecule has 0 aliphatic heterocycles. The van der Waals surface area contributed by atoms with E-state index in [0.29, 0.717) is 28.8 Å². The number of sulfonamides is 1. The van der Waals surface area contributed by atoms with Crippen LogP contribution in [0.3, 0.4) is 0 Å². The first-order chi connectivity index (χ1) is 14.9. The van der Waals surface area contributed by atoms with Gasteiger partial charge < -0.3 is 9.30 Å². The third-order valence-corrected chi connectivity index (χ3v) is 6.25. The van der Waals surface area contributed by atoms with E-state index in [1.54, 1.807) is 55.1 Å². The molecule has 0 fully saturated rings. The monoisotopic (exact) mass is 437 g/mol. The Morgan fingerprint density at radius 1 is 1.13 bits per heavy atom. The highest BCUT2D eigenvalue weighted by Crippen LogP contribution is 2.30. The van der Waals surface area contributed by atoms with Gasteiger partial charge in [0, 0.05) is 25.4 Å². The number of esters is 1. The molecule has 0 amide bonds. The second-order valence-corrected chi connectivity index (χ2v) is 8.63. The van der Waals surface area contributed by atoms with Gasteiger partial charge in [-0.05, 0) is 36.6 Å². The Balaban J connectivity index is 1.75. The maximum absolute atomic E-state index is 12.4. The lowest BCUT2D eigenvalue weighted by Crippen LogP contribution is -2.25. The van der Waals surface area contributed by atoms with Gasteiger partial charge >= 0.3 is 5.97 Å². The van der Waals surface area contributed by atoms with E-state index < -0.39 is 16.0 Å². The van der Waals surface area contributed by atoms with Gasteiger partial charge in [0.25, 0.3) is 0 Å². The lowest BCUT2D eigenvalue weighted by molar-refractivity contribution is 0.0516. The van der Waals surface area contributed by atoms with Crippen molar-refractivity contribution in [3.05, 3.63) is 77.6 Å². The summed E-state index contributed by atoms with van der Waals surface area (Å²) in [6.45, 7) is 2.22. The summed E-state index contributed by atoms with van der Waals surface area (Å²) in [7, 11) is -1.85. The number of hydrogen-bond donors (Lipinski definition) is 1. The number of hydrogen-bond acceptors (Lipinski definition) is 5. The highest BCUT2D eigenvalue weighted by Gasteiger charge is 2.22. The van der Waals surface area contributed by atoms with Crippen molar-refractivity contribution in [1.29, 1.82) is 5.26 Å². The number of aromatic nitrogens is 1. The number of carbonyl (C=O) groups excluding carboxylic acids is 1. The first kappa shape index (κ1) is 22.3. The predicted octanol–water partition coefficient (Wildman–Crippen LogP) is 3.26. The third kappa shape index (κ3) is 5.02. The summed E-state index contributed by atoms with van der Waals surface area (Å²) in [5.74, 6) is -0.485. The molecule has 3 aromatic rings. The first-order valence-electron chi connectivity index (χ1n) is 9.78. The molecule has 7 nitrogen and oxygen atoms in total. The molecule has 0 aliphatic carbocycles. The van der Waals surface area contributed by atoms with E-state index in [2.05, 4.69) is 10.8 Å². The smallest absolute Gasteiger partial charge is 0.355 e. The zero-order chi connectivity index (χ0) is 22.4. The van der Waals surface area contributed by atoms with E-state index in [9.17, 15) is 18.5 Å². The van der Waals surface area contributed by atoms with Crippen molar-refractivity contribution in [3.63, 3.8) is 0 Å². The lowest BCUT2D eigenvalue weighted by atomic mass is 10.00. The Morgan fingerprint density at radius 2 is 1.81 bits per heavy atom. The average Bonchev–Trinajstić information content (AvgIpc) is 3.11. The highest BCUT2D eigenvalue weighted by atomic mass is 32.2. The van der Waals surface area contributed by atoms with Gasteiger partial charge in [-0.3, -0.25) is 0 Å².